The van der Waals surface area contributed by atoms with E-state index in [9.17, 15) is 4.79 Å². The molecule has 0 unspecified atom stereocenters. The first-order valence-electron chi connectivity index (χ1n) is 6.94. The Hall–Kier alpha value is -2.40. The number of ether oxygens (including phenoxy) is 1. The van der Waals surface area contributed by atoms with E-state index < -0.39 is 0 Å². The molecule has 0 fully saturated rings. The third kappa shape index (κ3) is 3.09. The summed E-state index contributed by atoms with van der Waals surface area (Å²) in [5, 5.41) is 4.17. The summed E-state index contributed by atoms with van der Waals surface area (Å²) in [6.45, 7) is 2.80. The number of methoxy groups -OCH3 is 1. The Balaban J connectivity index is 1.77. The van der Waals surface area contributed by atoms with Crippen molar-refractivity contribution in [2.24, 2.45) is 0 Å². The van der Waals surface area contributed by atoms with E-state index in [-0.39, 0.29) is 5.97 Å². The van der Waals surface area contributed by atoms with Crippen LogP contribution in [0.15, 0.2) is 42.5 Å². The van der Waals surface area contributed by atoms with Gasteiger partial charge < -0.3 is 10.1 Å². The molecule has 0 aliphatic carbocycles. The van der Waals surface area contributed by atoms with Crippen LogP contribution in [0.25, 0.3) is 10.2 Å². The quantitative estimate of drug-likeness (QED) is 0.740. The van der Waals surface area contributed by atoms with Crippen molar-refractivity contribution >= 4 is 32.7 Å². The van der Waals surface area contributed by atoms with Crippen molar-refractivity contribution in [1.29, 1.82) is 0 Å². The number of hydrogen-bond acceptors (Lipinski definition) is 5. The van der Waals surface area contributed by atoms with E-state index in [1.54, 1.807) is 23.5 Å². The molecule has 0 saturated carbocycles. The molecule has 0 atom stereocenters. The number of aryl methyl sites for hydroxylation is 1. The summed E-state index contributed by atoms with van der Waals surface area (Å²) in [6, 6.07) is 13.8. The summed E-state index contributed by atoms with van der Waals surface area (Å²) in [7, 11) is 1.38. The summed E-state index contributed by atoms with van der Waals surface area (Å²) >= 11 is 1.57. The number of anilines is 1. The Kier molecular flexibility index (Phi) is 4.06. The Morgan fingerprint density at radius 1 is 1.23 bits per heavy atom. The SMILES string of the molecule is COC(=O)c1ccc2sc(NCc3ccc(C)cc3)nc2c1. The van der Waals surface area contributed by atoms with Gasteiger partial charge in [0.25, 0.3) is 0 Å². The summed E-state index contributed by atoms with van der Waals surface area (Å²) in [4.78, 5) is 16.1. The van der Waals surface area contributed by atoms with E-state index >= 15 is 0 Å². The first-order chi connectivity index (χ1) is 10.7. The van der Waals surface area contributed by atoms with Gasteiger partial charge in [-0.25, -0.2) is 9.78 Å². The summed E-state index contributed by atoms with van der Waals surface area (Å²) < 4.78 is 5.77. The smallest absolute Gasteiger partial charge is 0.337 e. The lowest BCUT2D eigenvalue weighted by molar-refractivity contribution is 0.0601. The first kappa shape index (κ1) is 14.5. The fourth-order valence-corrected chi connectivity index (χ4v) is 2.97. The number of carbonyl (C=O) groups excluding carboxylic acids is 1. The molecule has 0 radical (unpaired) electrons. The van der Waals surface area contributed by atoms with Crippen LogP contribution in [-0.4, -0.2) is 18.1 Å². The van der Waals surface area contributed by atoms with E-state index in [0.717, 1.165) is 21.9 Å². The van der Waals surface area contributed by atoms with Crippen LogP contribution in [0.5, 0.6) is 0 Å². The van der Waals surface area contributed by atoms with Crippen molar-refractivity contribution in [2.45, 2.75) is 13.5 Å². The number of nitrogens with zero attached hydrogens (tertiary/aromatic N) is 1. The Bertz CT molecular complexity index is 809. The van der Waals surface area contributed by atoms with Crippen molar-refractivity contribution in [3.8, 4) is 0 Å². The molecule has 0 spiro atoms. The number of thiazole rings is 1. The number of rotatable bonds is 4. The Morgan fingerprint density at radius 2 is 2.00 bits per heavy atom. The largest absolute Gasteiger partial charge is 0.465 e. The van der Waals surface area contributed by atoms with Gasteiger partial charge in [-0.05, 0) is 30.7 Å². The topological polar surface area (TPSA) is 51.2 Å². The van der Waals surface area contributed by atoms with Crippen LogP contribution in [0.4, 0.5) is 5.13 Å². The molecule has 4 nitrogen and oxygen atoms in total. The van der Waals surface area contributed by atoms with Crippen molar-refractivity contribution in [1.82, 2.24) is 4.98 Å². The molecule has 0 amide bonds. The van der Waals surface area contributed by atoms with Gasteiger partial charge in [-0.15, -0.1) is 0 Å². The van der Waals surface area contributed by atoms with E-state index in [1.807, 2.05) is 6.07 Å². The Morgan fingerprint density at radius 3 is 2.73 bits per heavy atom. The zero-order valence-electron chi connectivity index (χ0n) is 12.4. The number of benzene rings is 2. The predicted octanol–water partition coefficient (Wildman–Crippen LogP) is 4.00. The number of esters is 1. The first-order valence-corrected chi connectivity index (χ1v) is 7.75. The van der Waals surface area contributed by atoms with Gasteiger partial charge in [-0.1, -0.05) is 41.2 Å². The van der Waals surface area contributed by atoms with Crippen LogP contribution < -0.4 is 5.32 Å². The van der Waals surface area contributed by atoms with Crippen molar-refractivity contribution < 1.29 is 9.53 Å². The second-order valence-electron chi connectivity index (χ2n) is 5.03. The third-order valence-corrected chi connectivity index (χ3v) is 4.37. The van der Waals surface area contributed by atoms with E-state index in [2.05, 4.69) is 41.5 Å². The van der Waals surface area contributed by atoms with Crippen LogP contribution in [0.2, 0.25) is 0 Å². The van der Waals surface area contributed by atoms with Crippen molar-refractivity contribution in [3.05, 3.63) is 59.2 Å². The number of nitrogens with one attached hydrogen (secondary N) is 1. The van der Waals surface area contributed by atoms with Crippen LogP contribution in [0, 0.1) is 6.92 Å². The van der Waals surface area contributed by atoms with Gasteiger partial charge in [0.2, 0.25) is 0 Å². The molecule has 0 aliphatic rings. The molecule has 3 rings (SSSR count). The number of aromatic nitrogens is 1. The lowest BCUT2D eigenvalue weighted by Crippen LogP contribution is -2.00. The average molecular weight is 312 g/mol. The molecule has 2 aromatic carbocycles. The Labute approximate surface area is 132 Å². The van der Waals surface area contributed by atoms with E-state index in [1.165, 1.54) is 18.2 Å². The second-order valence-corrected chi connectivity index (χ2v) is 6.06. The van der Waals surface area contributed by atoms with Gasteiger partial charge in [0.05, 0.1) is 22.9 Å². The maximum Gasteiger partial charge on any atom is 0.337 e. The normalized spacial score (nSPS) is 10.6. The maximum atomic E-state index is 11.5. The van der Waals surface area contributed by atoms with Gasteiger partial charge >= 0.3 is 5.97 Å². The molecule has 112 valence electrons. The molecule has 0 saturated heterocycles. The number of hydrogen-bond donors (Lipinski definition) is 1. The minimum atomic E-state index is -0.343. The molecular weight excluding hydrogens is 296 g/mol. The maximum absolute atomic E-state index is 11.5. The van der Waals surface area contributed by atoms with Gasteiger partial charge in [-0.2, -0.15) is 0 Å². The van der Waals surface area contributed by atoms with Gasteiger partial charge in [0.1, 0.15) is 0 Å². The zero-order valence-corrected chi connectivity index (χ0v) is 13.2. The highest BCUT2D eigenvalue weighted by Gasteiger charge is 2.09. The average Bonchev–Trinajstić information content (AvgIpc) is 2.95. The molecule has 0 aliphatic heterocycles. The molecule has 3 aromatic rings. The van der Waals surface area contributed by atoms with Crippen molar-refractivity contribution in [3.63, 3.8) is 0 Å². The predicted molar refractivity (Wildman–Crippen MR) is 89.5 cm³/mol. The summed E-state index contributed by atoms with van der Waals surface area (Å²) in [6.07, 6.45) is 0. The highest BCUT2D eigenvalue weighted by molar-refractivity contribution is 7.22. The molecule has 0 bridgehead atoms. The highest BCUT2D eigenvalue weighted by Crippen LogP contribution is 2.27. The summed E-state index contributed by atoms with van der Waals surface area (Å²) in [5.74, 6) is -0.343. The number of fused-ring (bicyclic) bond motifs is 1. The minimum Gasteiger partial charge on any atom is -0.465 e. The molecule has 1 N–H and O–H groups in total. The number of carbonyl (C=O) groups is 1. The standard InChI is InChI=1S/C17H16N2O2S/c1-11-3-5-12(6-4-11)10-18-17-19-14-9-13(16(20)21-2)7-8-15(14)22-17/h3-9H,10H2,1-2H3,(H,18,19). The fourth-order valence-electron chi connectivity index (χ4n) is 2.13. The van der Waals surface area contributed by atoms with Crippen LogP contribution in [0.1, 0.15) is 21.5 Å². The van der Waals surface area contributed by atoms with Gasteiger partial charge in [0, 0.05) is 6.54 Å². The van der Waals surface area contributed by atoms with Crippen LogP contribution >= 0.6 is 11.3 Å². The van der Waals surface area contributed by atoms with Crippen LogP contribution in [0.3, 0.4) is 0 Å². The summed E-state index contributed by atoms with van der Waals surface area (Å²) in [5.41, 5.74) is 3.78. The lowest BCUT2D eigenvalue weighted by atomic mass is 10.1. The fraction of sp³-hybridized carbons (Fsp3) is 0.176. The molecule has 22 heavy (non-hydrogen) atoms. The minimum absolute atomic E-state index is 0.343. The second kappa shape index (κ2) is 6.15. The molecule has 1 heterocycles. The monoisotopic (exact) mass is 312 g/mol. The highest BCUT2D eigenvalue weighted by atomic mass is 32.1. The lowest BCUT2D eigenvalue weighted by Gasteiger charge is -2.02. The van der Waals surface area contributed by atoms with E-state index in [0.29, 0.717) is 5.56 Å². The zero-order chi connectivity index (χ0) is 15.5. The van der Waals surface area contributed by atoms with Crippen molar-refractivity contribution in [2.75, 3.05) is 12.4 Å². The molecular formula is C17H16N2O2S. The third-order valence-electron chi connectivity index (χ3n) is 3.37. The van der Waals surface area contributed by atoms with Gasteiger partial charge in [0.15, 0.2) is 5.13 Å². The van der Waals surface area contributed by atoms with E-state index in [4.69, 9.17) is 4.74 Å². The van der Waals surface area contributed by atoms with Crippen LogP contribution in [-0.2, 0) is 11.3 Å². The van der Waals surface area contributed by atoms with Gasteiger partial charge in [-0.3, -0.25) is 0 Å². The molecule has 5 heteroatoms. The molecule has 1 aromatic heterocycles.